The van der Waals surface area contributed by atoms with Gasteiger partial charge in [-0.15, -0.1) is 0 Å². The second-order valence-corrected chi connectivity index (χ2v) is 6.32. The zero-order valence-corrected chi connectivity index (χ0v) is 13.4. The summed E-state index contributed by atoms with van der Waals surface area (Å²) in [5.74, 6) is 0.0951. The number of rotatable bonds is 3. The van der Waals surface area contributed by atoms with Crippen LogP contribution in [0.1, 0.15) is 28.1 Å². The van der Waals surface area contributed by atoms with Crippen LogP contribution in [0.4, 0.5) is 5.13 Å². The van der Waals surface area contributed by atoms with Gasteiger partial charge in [-0.05, 0) is 18.4 Å². The van der Waals surface area contributed by atoms with Crippen molar-refractivity contribution in [1.82, 2.24) is 9.88 Å². The molecule has 5 heteroatoms. The number of likely N-dealkylation sites (tertiary alicyclic amines) is 1. The van der Waals surface area contributed by atoms with E-state index in [1.54, 1.807) is 6.20 Å². The molecular formula is C17H19N3OS. The summed E-state index contributed by atoms with van der Waals surface area (Å²) < 4.78 is 0. The van der Waals surface area contributed by atoms with Crippen LogP contribution >= 0.6 is 11.3 Å². The van der Waals surface area contributed by atoms with Gasteiger partial charge in [0.2, 0.25) is 0 Å². The lowest BCUT2D eigenvalue weighted by atomic mass is 10.0. The fourth-order valence-corrected chi connectivity index (χ4v) is 3.31. The molecule has 1 aliphatic rings. The lowest BCUT2D eigenvalue weighted by Gasteiger charge is -2.28. The van der Waals surface area contributed by atoms with Gasteiger partial charge in [0.1, 0.15) is 4.88 Å². The minimum Gasteiger partial charge on any atom is -0.365 e. The fraction of sp³-hybridized carbons (Fsp3) is 0.294. The van der Waals surface area contributed by atoms with E-state index in [0.29, 0.717) is 4.88 Å². The van der Waals surface area contributed by atoms with E-state index >= 15 is 0 Å². The highest BCUT2D eigenvalue weighted by molar-refractivity contribution is 7.17. The van der Waals surface area contributed by atoms with Crippen molar-refractivity contribution in [3.8, 4) is 0 Å². The molecule has 1 saturated heterocycles. The summed E-state index contributed by atoms with van der Waals surface area (Å²) in [6, 6.07) is 10.3. The predicted molar refractivity (Wildman–Crippen MR) is 91.2 cm³/mol. The second kappa shape index (κ2) is 6.75. The molecule has 0 saturated carbocycles. The van der Waals surface area contributed by atoms with Gasteiger partial charge in [0.05, 0.1) is 6.20 Å². The number of nitrogens with zero attached hydrogens (tertiary/aromatic N) is 2. The van der Waals surface area contributed by atoms with E-state index in [1.807, 2.05) is 30.1 Å². The summed E-state index contributed by atoms with van der Waals surface area (Å²) >= 11 is 1.41. The van der Waals surface area contributed by atoms with Gasteiger partial charge in [-0.3, -0.25) is 4.79 Å². The quantitative estimate of drug-likeness (QED) is 0.943. The van der Waals surface area contributed by atoms with Gasteiger partial charge in [0.15, 0.2) is 5.13 Å². The second-order valence-electron chi connectivity index (χ2n) is 5.29. The lowest BCUT2D eigenvalue weighted by molar-refractivity contribution is 0.0748. The number of piperidine rings is 1. The molecule has 0 atom stereocenters. The molecule has 1 aromatic carbocycles. The SMILES string of the molecule is CNc1ncc(C(=O)N2CCC(=Cc3ccccc3)CC2)s1. The lowest BCUT2D eigenvalue weighted by Crippen LogP contribution is -2.35. The maximum atomic E-state index is 12.4. The van der Waals surface area contributed by atoms with Gasteiger partial charge >= 0.3 is 0 Å². The Morgan fingerprint density at radius 3 is 2.64 bits per heavy atom. The highest BCUT2D eigenvalue weighted by Crippen LogP contribution is 2.24. The maximum absolute atomic E-state index is 12.4. The molecule has 22 heavy (non-hydrogen) atoms. The summed E-state index contributed by atoms with van der Waals surface area (Å²) in [5.41, 5.74) is 2.65. The monoisotopic (exact) mass is 313 g/mol. The van der Waals surface area contributed by atoms with Crippen molar-refractivity contribution in [3.05, 3.63) is 52.5 Å². The van der Waals surface area contributed by atoms with Crippen LogP contribution in [-0.2, 0) is 0 Å². The third kappa shape index (κ3) is 3.36. The molecule has 0 radical (unpaired) electrons. The molecule has 2 aromatic rings. The summed E-state index contributed by atoms with van der Waals surface area (Å²) in [7, 11) is 1.81. The van der Waals surface area contributed by atoms with Crippen molar-refractivity contribution in [2.75, 3.05) is 25.5 Å². The summed E-state index contributed by atoms with van der Waals surface area (Å²) in [4.78, 5) is 19.2. The maximum Gasteiger partial charge on any atom is 0.265 e. The van der Waals surface area contributed by atoms with Crippen molar-refractivity contribution < 1.29 is 4.79 Å². The third-order valence-electron chi connectivity index (χ3n) is 3.79. The Morgan fingerprint density at radius 1 is 1.27 bits per heavy atom. The Hall–Kier alpha value is -2.14. The average Bonchev–Trinajstić information content (AvgIpc) is 3.05. The molecule has 4 nitrogen and oxygen atoms in total. The molecule has 0 bridgehead atoms. The zero-order valence-electron chi connectivity index (χ0n) is 12.6. The first-order valence-corrected chi connectivity index (χ1v) is 8.25. The van der Waals surface area contributed by atoms with Crippen LogP contribution in [-0.4, -0.2) is 35.9 Å². The van der Waals surface area contributed by atoms with Gasteiger partial charge in [-0.1, -0.05) is 53.3 Å². The first-order chi connectivity index (χ1) is 10.8. The number of thiazole rings is 1. The van der Waals surface area contributed by atoms with Crippen LogP contribution in [0.3, 0.4) is 0 Å². The Bertz CT molecular complexity index is 668. The topological polar surface area (TPSA) is 45.2 Å². The van der Waals surface area contributed by atoms with Crippen LogP contribution in [0.5, 0.6) is 0 Å². The Labute approximate surface area is 134 Å². The van der Waals surface area contributed by atoms with Gasteiger partial charge in [0, 0.05) is 20.1 Å². The van der Waals surface area contributed by atoms with E-state index in [9.17, 15) is 4.79 Å². The highest BCUT2D eigenvalue weighted by atomic mass is 32.1. The van der Waals surface area contributed by atoms with Crippen molar-refractivity contribution in [2.45, 2.75) is 12.8 Å². The molecule has 0 unspecified atom stereocenters. The number of nitrogens with one attached hydrogen (secondary N) is 1. The minimum atomic E-state index is 0.0951. The molecule has 1 aliphatic heterocycles. The molecule has 2 heterocycles. The molecule has 3 rings (SSSR count). The van der Waals surface area contributed by atoms with Crippen LogP contribution in [0.2, 0.25) is 0 Å². The van der Waals surface area contributed by atoms with Gasteiger partial charge < -0.3 is 10.2 Å². The van der Waals surface area contributed by atoms with Crippen molar-refractivity contribution >= 4 is 28.5 Å². The van der Waals surface area contributed by atoms with Crippen molar-refractivity contribution in [1.29, 1.82) is 0 Å². The molecule has 0 aliphatic carbocycles. The molecule has 0 spiro atoms. The number of benzene rings is 1. The third-order valence-corrected chi connectivity index (χ3v) is 4.80. The number of aromatic nitrogens is 1. The summed E-state index contributed by atoms with van der Waals surface area (Å²) in [5, 5.41) is 3.75. The van der Waals surface area contributed by atoms with E-state index in [0.717, 1.165) is 31.1 Å². The smallest absolute Gasteiger partial charge is 0.265 e. The van der Waals surface area contributed by atoms with Gasteiger partial charge in [0.25, 0.3) is 5.91 Å². The van der Waals surface area contributed by atoms with Crippen LogP contribution in [0.25, 0.3) is 6.08 Å². The Morgan fingerprint density at radius 2 is 2.00 bits per heavy atom. The molecule has 114 valence electrons. The number of anilines is 1. The normalized spacial score (nSPS) is 14.8. The van der Waals surface area contributed by atoms with E-state index < -0.39 is 0 Å². The van der Waals surface area contributed by atoms with E-state index in [1.165, 1.54) is 22.5 Å². The van der Waals surface area contributed by atoms with Gasteiger partial charge in [-0.25, -0.2) is 4.98 Å². The molecule has 1 N–H and O–H groups in total. The fourth-order valence-electron chi connectivity index (χ4n) is 2.57. The van der Waals surface area contributed by atoms with Crippen molar-refractivity contribution in [2.24, 2.45) is 0 Å². The van der Waals surface area contributed by atoms with E-state index in [2.05, 4.69) is 28.5 Å². The predicted octanol–water partition coefficient (Wildman–Crippen LogP) is 3.50. The van der Waals surface area contributed by atoms with Crippen LogP contribution in [0.15, 0.2) is 42.1 Å². The van der Waals surface area contributed by atoms with Crippen LogP contribution < -0.4 is 5.32 Å². The minimum absolute atomic E-state index is 0.0951. The van der Waals surface area contributed by atoms with E-state index in [4.69, 9.17) is 0 Å². The zero-order chi connectivity index (χ0) is 15.4. The molecule has 1 fully saturated rings. The largest absolute Gasteiger partial charge is 0.365 e. The first-order valence-electron chi connectivity index (χ1n) is 7.43. The molecule has 1 amide bonds. The highest BCUT2D eigenvalue weighted by Gasteiger charge is 2.22. The van der Waals surface area contributed by atoms with E-state index in [-0.39, 0.29) is 5.91 Å². The number of hydrogen-bond acceptors (Lipinski definition) is 4. The summed E-state index contributed by atoms with van der Waals surface area (Å²) in [6.45, 7) is 1.56. The molecule has 1 aromatic heterocycles. The van der Waals surface area contributed by atoms with Crippen molar-refractivity contribution in [3.63, 3.8) is 0 Å². The first kappa shape index (κ1) is 14.8. The number of hydrogen-bond donors (Lipinski definition) is 1. The standard InChI is InChI=1S/C17H19N3OS/c1-18-17-19-12-15(22-17)16(21)20-9-7-14(8-10-20)11-13-5-3-2-4-6-13/h2-6,11-12H,7-10H2,1H3,(H,18,19). The number of carbonyl (C=O) groups is 1. The number of carbonyl (C=O) groups excluding carboxylic acids is 1. The average molecular weight is 313 g/mol. The molecular weight excluding hydrogens is 294 g/mol. The van der Waals surface area contributed by atoms with Crippen LogP contribution in [0, 0.1) is 0 Å². The summed E-state index contributed by atoms with van der Waals surface area (Å²) in [6.07, 6.45) is 5.79. The Balaban J connectivity index is 1.62. The van der Waals surface area contributed by atoms with Gasteiger partial charge in [-0.2, -0.15) is 0 Å². The Kier molecular flexibility index (Phi) is 4.53. The number of amides is 1.